The first-order valence-electron chi connectivity index (χ1n) is 6.51. The van der Waals surface area contributed by atoms with Gasteiger partial charge in [0, 0.05) is 51.3 Å². The van der Waals surface area contributed by atoms with Crippen LogP contribution in [0.5, 0.6) is 0 Å². The number of hydrogen-bond donors (Lipinski definition) is 1. The lowest BCUT2D eigenvalue weighted by Gasteiger charge is -2.08. The molecule has 2 heterocycles. The summed E-state index contributed by atoms with van der Waals surface area (Å²) in [6.07, 6.45) is 7.99. The second-order valence-corrected chi connectivity index (χ2v) is 4.74. The molecule has 0 aliphatic heterocycles. The zero-order valence-electron chi connectivity index (χ0n) is 11.7. The van der Waals surface area contributed by atoms with Gasteiger partial charge in [-0.25, -0.2) is 9.78 Å². The van der Waals surface area contributed by atoms with Crippen molar-refractivity contribution in [3.8, 4) is 0 Å². The predicted molar refractivity (Wildman–Crippen MR) is 75.5 cm³/mol. The third-order valence-corrected chi connectivity index (χ3v) is 3.16. The van der Waals surface area contributed by atoms with Crippen LogP contribution in [0, 0.1) is 0 Å². The van der Waals surface area contributed by atoms with Gasteiger partial charge in [0.2, 0.25) is 0 Å². The summed E-state index contributed by atoms with van der Waals surface area (Å²) in [5, 5.41) is 3.22. The molecule has 0 aliphatic rings. The Kier molecular flexibility index (Phi) is 4.52. The molecule has 2 rings (SSSR count). The summed E-state index contributed by atoms with van der Waals surface area (Å²) in [6, 6.07) is 0. The summed E-state index contributed by atoms with van der Waals surface area (Å²) in [4.78, 5) is 27.4. The van der Waals surface area contributed by atoms with E-state index >= 15 is 0 Å². The van der Waals surface area contributed by atoms with E-state index < -0.39 is 0 Å². The van der Waals surface area contributed by atoms with E-state index in [9.17, 15) is 9.59 Å². The number of nitrogens with one attached hydrogen (secondary N) is 1. The van der Waals surface area contributed by atoms with Gasteiger partial charge in [-0.15, -0.1) is 0 Å². The summed E-state index contributed by atoms with van der Waals surface area (Å²) < 4.78 is 4.55. The highest BCUT2D eigenvalue weighted by atomic mass is 16.2. The maximum absolute atomic E-state index is 11.9. The molecule has 0 saturated carbocycles. The molecule has 0 unspecified atom stereocenters. The number of nitrogens with zero attached hydrogens (tertiary/aromatic N) is 4. The van der Waals surface area contributed by atoms with Gasteiger partial charge in [-0.1, -0.05) is 0 Å². The third kappa shape index (κ3) is 3.24. The van der Waals surface area contributed by atoms with Crippen molar-refractivity contribution >= 4 is 0 Å². The smallest absolute Gasteiger partial charge is 0.330 e. The SMILES string of the molecule is Cn1cc(CNCCCn2ccnc2)c(=O)n(C)c1=O. The molecule has 2 aromatic rings. The average Bonchev–Trinajstić information content (AvgIpc) is 2.94. The van der Waals surface area contributed by atoms with Crippen molar-refractivity contribution in [1.29, 1.82) is 0 Å². The minimum atomic E-state index is -0.307. The molecule has 0 bridgehead atoms. The van der Waals surface area contributed by atoms with E-state index in [4.69, 9.17) is 0 Å². The molecular weight excluding hydrogens is 258 g/mol. The van der Waals surface area contributed by atoms with Crippen LogP contribution in [0.15, 0.2) is 34.5 Å². The largest absolute Gasteiger partial charge is 0.337 e. The Balaban J connectivity index is 1.85. The molecule has 0 aromatic carbocycles. The van der Waals surface area contributed by atoms with Crippen molar-refractivity contribution in [2.75, 3.05) is 6.54 Å². The minimum absolute atomic E-state index is 0.241. The normalized spacial score (nSPS) is 10.9. The van der Waals surface area contributed by atoms with Crippen molar-refractivity contribution in [2.24, 2.45) is 14.1 Å². The standard InChI is InChI=1S/C13H19N5O2/c1-16-9-11(12(19)17(2)13(16)20)8-14-4-3-6-18-7-5-15-10-18/h5,7,9-10,14H,3-4,6,8H2,1-2H3. The Bertz CT molecular complexity index is 669. The van der Waals surface area contributed by atoms with Crippen LogP contribution < -0.4 is 16.6 Å². The van der Waals surface area contributed by atoms with Crippen LogP contribution in [-0.4, -0.2) is 25.2 Å². The van der Waals surface area contributed by atoms with Gasteiger partial charge in [0.25, 0.3) is 5.56 Å². The molecule has 0 spiro atoms. The molecule has 2 aromatic heterocycles. The Labute approximate surface area is 116 Å². The molecule has 108 valence electrons. The van der Waals surface area contributed by atoms with E-state index in [1.165, 1.54) is 11.6 Å². The van der Waals surface area contributed by atoms with Crippen LogP contribution in [0.2, 0.25) is 0 Å². The van der Waals surface area contributed by atoms with Crippen LogP contribution in [0.25, 0.3) is 0 Å². The Morgan fingerprint density at radius 2 is 2.10 bits per heavy atom. The highest BCUT2D eigenvalue weighted by molar-refractivity contribution is 5.05. The second kappa shape index (κ2) is 6.33. The highest BCUT2D eigenvalue weighted by Gasteiger charge is 2.05. The van der Waals surface area contributed by atoms with Gasteiger partial charge in [0.05, 0.1) is 6.33 Å². The molecular formula is C13H19N5O2. The second-order valence-electron chi connectivity index (χ2n) is 4.74. The molecule has 7 heteroatoms. The van der Waals surface area contributed by atoms with E-state index in [1.807, 2.05) is 10.8 Å². The summed E-state index contributed by atoms with van der Waals surface area (Å²) in [7, 11) is 3.14. The monoisotopic (exact) mass is 277 g/mol. The Morgan fingerprint density at radius 1 is 1.30 bits per heavy atom. The zero-order valence-corrected chi connectivity index (χ0v) is 11.7. The van der Waals surface area contributed by atoms with Crippen molar-refractivity contribution in [3.63, 3.8) is 0 Å². The lowest BCUT2D eigenvalue weighted by atomic mass is 10.3. The van der Waals surface area contributed by atoms with Gasteiger partial charge in [0.1, 0.15) is 0 Å². The lowest BCUT2D eigenvalue weighted by Crippen LogP contribution is -2.39. The molecule has 0 amide bonds. The average molecular weight is 277 g/mol. The molecule has 0 radical (unpaired) electrons. The summed E-state index contributed by atoms with van der Waals surface area (Å²) >= 11 is 0. The summed E-state index contributed by atoms with van der Waals surface area (Å²) in [5.41, 5.74) is 0.0475. The fourth-order valence-corrected chi connectivity index (χ4v) is 2.03. The number of rotatable bonds is 6. The van der Waals surface area contributed by atoms with Gasteiger partial charge in [-0.3, -0.25) is 9.36 Å². The van der Waals surface area contributed by atoms with Crippen LogP contribution in [0.3, 0.4) is 0 Å². The van der Waals surface area contributed by atoms with Crippen molar-refractivity contribution < 1.29 is 0 Å². The Morgan fingerprint density at radius 3 is 2.80 bits per heavy atom. The van der Waals surface area contributed by atoms with E-state index in [0.29, 0.717) is 12.1 Å². The lowest BCUT2D eigenvalue weighted by molar-refractivity contribution is 0.571. The molecule has 0 aliphatic carbocycles. The first-order chi connectivity index (χ1) is 9.59. The topological polar surface area (TPSA) is 73.8 Å². The van der Waals surface area contributed by atoms with Gasteiger partial charge >= 0.3 is 5.69 Å². The van der Waals surface area contributed by atoms with Crippen LogP contribution in [-0.2, 0) is 27.2 Å². The fourth-order valence-electron chi connectivity index (χ4n) is 2.03. The quantitative estimate of drug-likeness (QED) is 0.720. The highest BCUT2D eigenvalue weighted by Crippen LogP contribution is 1.91. The van der Waals surface area contributed by atoms with Crippen molar-refractivity contribution in [3.05, 3.63) is 51.3 Å². The van der Waals surface area contributed by atoms with Crippen LogP contribution in [0.1, 0.15) is 12.0 Å². The van der Waals surface area contributed by atoms with Crippen molar-refractivity contribution in [2.45, 2.75) is 19.5 Å². The molecule has 0 atom stereocenters. The number of aryl methyl sites for hydroxylation is 2. The van der Waals surface area contributed by atoms with Gasteiger partial charge in [0.15, 0.2) is 0 Å². The molecule has 20 heavy (non-hydrogen) atoms. The number of imidazole rings is 1. The van der Waals surface area contributed by atoms with E-state index in [2.05, 4.69) is 10.3 Å². The summed E-state index contributed by atoms with van der Waals surface area (Å²) in [5.74, 6) is 0. The van der Waals surface area contributed by atoms with E-state index in [1.54, 1.807) is 25.8 Å². The van der Waals surface area contributed by atoms with Crippen LogP contribution in [0.4, 0.5) is 0 Å². The first-order valence-corrected chi connectivity index (χ1v) is 6.51. The molecule has 1 N–H and O–H groups in total. The van der Waals surface area contributed by atoms with E-state index in [0.717, 1.165) is 24.1 Å². The Hall–Kier alpha value is -2.15. The zero-order chi connectivity index (χ0) is 14.5. The predicted octanol–water partition coefficient (Wildman–Crippen LogP) is -0.540. The van der Waals surface area contributed by atoms with Crippen LogP contribution >= 0.6 is 0 Å². The first kappa shape index (κ1) is 14.3. The molecule has 0 saturated heterocycles. The minimum Gasteiger partial charge on any atom is -0.337 e. The fraction of sp³-hybridized carbons (Fsp3) is 0.462. The van der Waals surface area contributed by atoms with Gasteiger partial charge < -0.3 is 14.5 Å². The number of aromatic nitrogens is 4. The van der Waals surface area contributed by atoms with Gasteiger partial charge in [-0.2, -0.15) is 0 Å². The summed E-state index contributed by atoms with van der Waals surface area (Å²) in [6.45, 7) is 2.15. The molecule has 7 nitrogen and oxygen atoms in total. The van der Waals surface area contributed by atoms with Gasteiger partial charge in [-0.05, 0) is 13.0 Å². The number of hydrogen-bond acceptors (Lipinski definition) is 4. The maximum Gasteiger partial charge on any atom is 0.330 e. The third-order valence-electron chi connectivity index (χ3n) is 3.16. The van der Waals surface area contributed by atoms with Crippen molar-refractivity contribution in [1.82, 2.24) is 24.0 Å². The van der Waals surface area contributed by atoms with E-state index in [-0.39, 0.29) is 11.2 Å². The maximum atomic E-state index is 11.9. The molecule has 0 fully saturated rings.